The summed E-state index contributed by atoms with van der Waals surface area (Å²) in [6, 6.07) is 0. The second-order valence-corrected chi connectivity index (χ2v) is 3.66. The first-order chi connectivity index (χ1) is 6.27. The van der Waals surface area contributed by atoms with Crippen molar-refractivity contribution in [2.24, 2.45) is 5.92 Å². The molecular weight excluding hydrogens is 166 g/mol. The van der Waals surface area contributed by atoms with Crippen molar-refractivity contribution in [1.29, 1.82) is 0 Å². The van der Waals surface area contributed by atoms with Gasteiger partial charge in [-0.15, -0.1) is 0 Å². The van der Waals surface area contributed by atoms with Crippen molar-refractivity contribution < 1.29 is 9.53 Å². The van der Waals surface area contributed by atoms with Gasteiger partial charge in [0.15, 0.2) is 0 Å². The molecule has 1 heterocycles. The zero-order valence-electron chi connectivity index (χ0n) is 8.51. The Morgan fingerprint density at radius 1 is 1.46 bits per heavy atom. The molecule has 0 saturated carbocycles. The SMILES string of the molecule is CCCC(CCC)C1CNC(=O)O1. The van der Waals surface area contributed by atoms with Crippen LogP contribution in [0.4, 0.5) is 4.79 Å². The van der Waals surface area contributed by atoms with Crippen LogP contribution in [0.5, 0.6) is 0 Å². The highest BCUT2D eigenvalue weighted by Gasteiger charge is 2.29. The Morgan fingerprint density at radius 3 is 2.46 bits per heavy atom. The monoisotopic (exact) mass is 185 g/mol. The topological polar surface area (TPSA) is 38.3 Å². The van der Waals surface area contributed by atoms with Crippen molar-refractivity contribution in [3.05, 3.63) is 0 Å². The number of alkyl carbamates (subject to hydrolysis) is 1. The van der Waals surface area contributed by atoms with Crippen molar-refractivity contribution in [1.82, 2.24) is 5.32 Å². The number of carbonyl (C=O) groups excluding carboxylic acids is 1. The van der Waals surface area contributed by atoms with Crippen molar-refractivity contribution in [2.75, 3.05) is 6.54 Å². The Hall–Kier alpha value is -0.730. The van der Waals surface area contributed by atoms with Gasteiger partial charge in [0.25, 0.3) is 0 Å². The fourth-order valence-corrected chi connectivity index (χ4v) is 1.93. The van der Waals surface area contributed by atoms with Gasteiger partial charge in [-0.25, -0.2) is 4.79 Å². The van der Waals surface area contributed by atoms with Gasteiger partial charge in [-0.05, 0) is 18.8 Å². The number of hydrogen-bond acceptors (Lipinski definition) is 2. The van der Waals surface area contributed by atoms with Crippen LogP contribution in [0.3, 0.4) is 0 Å². The molecule has 0 aromatic rings. The molecule has 1 aliphatic heterocycles. The Labute approximate surface area is 79.8 Å². The van der Waals surface area contributed by atoms with Gasteiger partial charge in [0.2, 0.25) is 0 Å². The third-order valence-electron chi connectivity index (χ3n) is 2.55. The van der Waals surface area contributed by atoms with E-state index in [1.807, 2.05) is 0 Å². The summed E-state index contributed by atoms with van der Waals surface area (Å²) in [5, 5.41) is 2.71. The minimum absolute atomic E-state index is 0.118. The van der Waals surface area contributed by atoms with Crippen LogP contribution in [-0.2, 0) is 4.74 Å². The lowest BCUT2D eigenvalue weighted by atomic mass is 9.92. The quantitative estimate of drug-likeness (QED) is 0.713. The van der Waals surface area contributed by atoms with Crippen molar-refractivity contribution >= 4 is 6.09 Å². The molecule has 0 radical (unpaired) electrons. The van der Waals surface area contributed by atoms with Gasteiger partial charge < -0.3 is 10.1 Å². The third kappa shape index (κ3) is 2.90. The average Bonchev–Trinajstić information content (AvgIpc) is 2.51. The molecule has 76 valence electrons. The molecule has 0 spiro atoms. The summed E-state index contributed by atoms with van der Waals surface area (Å²) < 4.78 is 5.18. The van der Waals surface area contributed by atoms with E-state index in [0.717, 1.165) is 12.8 Å². The minimum atomic E-state index is -0.248. The molecule has 0 aromatic carbocycles. The molecule has 3 nitrogen and oxygen atoms in total. The van der Waals surface area contributed by atoms with Gasteiger partial charge in [0.1, 0.15) is 6.10 Å². The van der Waals surface area contributed by atoms with E-state index >= 15 is 0 Å². The van der Waals surface area contributed by atoms with Crippen molar-refractivity contribution in [2.45, 2.75) is 45.6 Å². The van der Waals surface area contributed by atoms with Gasteiger partial charge in [-0.2, -0.15) is 0 Å². The summed E-state index contributed by atoms with van der Waals surface area (Å²) in [5.41, 5.74) is 0. The summed E-state index contributed by atoms with van der Waals surface area (Å²) in [6.45, 7) is 5.04. The largest absolute Gasteiger partial charge is 0.444 e. The maximum atomic E-state index is 10.8. The van der Waals surface area contributed by atoms with Gasteiger partial charge in [0.05, 0.1) is 6.54 Å². The number of cyclic esters (lactones) is 1. The fourth-order valence-electron chi connectivity index (χ4n) is 1.93. The van der Waals surface area contributed by atoms with E-state index in [1.165, 1.54) is 12.8 Å². The van der Waals surface area contributed by atoms with E-state index in [2.05, 4.69) is 19.2 Å². The maximum Gasteiger partial charge on any atom is 0.407 e. The molecule has 1 saturated heterocycles. The molecule has 3 heteroatoms. The van der Waals surface area contributed by atoms with Crippen LogP contribution < -0.4 is 5.32 Å². The Morgan fingerprint density at radius 2 is 2.08 bits per heavy atom. The lowest BCUT2D eigenvalue weighted by molar-refractivity contribution is 0.0969. The zero-order valence-corrected chi connectivity index (χ0v) is 8.51. The highest BCUT2D eigenvalue weighted by Crippen LogP contribution is 2.22. The number of carbonyl (C=O) groups is 1. The lowest BCUT2D eigenvalue weighted by Gasteiger charge is -2.20. The van der Waals surface area contributed by atoms with Crippen LogP contribution >= 0.6 is 0 Å². The van der Waals surface area contributed by atoms with Crippen LogP contribution in [-0.4, -0.2) is 18.7 Å². The van der Waals surface area contributed by atoms with Crippen molar-refractivity contribution in [3.8, 4) is 0 Å². The molecule has 1 unspecified atom stereocenters. The van der Waals surface area contributed by atoms with E-state index in [9.17, 15) is 4.79 Å². The molecule has 0 aromatic heterocycles. The van der Waals surface area contributed by atoms with Gasteiger partial charge in [0, 0.05) is 0 Å². The highest BCUT2D eigenvalue weighted by atomic mass is 16.6. The first-order valence-corrected chi connectivity index (χ1v) is 5.22. The first kappa shape index (κ1) is 10.4. The van der Waals surface area contributed by atoms with Crippen LogP contribution in [0, 0.1) is 5.92 Å². The second-order valence-electron chi connectivity index (χ2n) is 3.66. The zero-order chi connectivity index (χ0) is 9.68. The number of ether oxygens (including phenoxy) is 1. The van der Waals surface area contributed by atoms with E-state index in [1.54, 1.807) is 0 Å². The fraction of sp³-hybridized carbons (Fsp3) is 0.900. The summed E-state index contributed by atoms with van der Waals surface area (Å²) in [6.07, 6.45) is 4.52. The molecule has 1 N–H and O–H groups in total. The van der Waals surface area contributed by atoms with E-state index in [4.69, 9.17) is 4.74 Å². The number of nitrogens with one attached hydrogen (secondary N) is 1. The minimum Gasteiger partial charge on any atom is -0.444 e. The van der Waals surface area contributed by atoms with Crippen LogP contribution in [0.1, 0.15) is 39.5 Å². The summed E-state index contributed by atoms with van der Waals surface area (Å²) in [4.78, 5) is 10.8. The molecular formula is C10H19NO2. The maximum absolute atomic E-state index is 10.8. The predicted molar refractivity (Wildman–Crippen MR) is 51.6 cm³/mol. The highest BCUT2D eigenvalue weighted by molar-refractivity contribution is 5.69. The molecule has 1 amide bonds. The molecule has 0 aliphatic carbocycles. The Bertz CT molecular complexity index is 164. The van der Waals surface area contributed by atoms with Gasteiger partial charge in [-0.1, -0.05) is 26.7 Å². The Kier molecular flexibility index (Phi) is 4.06. The van der Waals surface area contributed by atoms with Crippen LogP contribution in [0.2, 0.25) is 0 Å². The molecule has 13 heavy (non-hydrogen) atoms. The first-order valence-electron chi connectivity index (χ1n) is 5.22. The predicted octanol–water partition coefficient (Wildman–Crippen LogP) is 2.31. The summed E-state index contributed by atoms with van der Waals surface area (Å²) in [5.74, 6) is 0.550. The molecule has 1 fully saturated rings. The third-order valence-corrected chi connectivity index (χ3v) is 2.55. The second kappa shape index (κ2) is 5.10. The molecule has 1 atom stereocenters. The van der Waals surface area contributed by atoms with Crippen LogP contribution in [0.15, 0.2) is 0 Å². The molecule has 1 rings (SSSR count). The normalized spacial score (nSPS) is 21.8. The van der Waals surface area contributed by atoms with E-state index in [0.29, 0.717) is 12.5 Å². The number of rotatable bonds is 5. The summed E-state index contributed by atoms with van der Waals surface area (Å²) >= 11 is 0. The van der Waals surface area contributed by atoms with Gasteiger partial charge in [-0.3, -0.25) is 0 Å². The smallest absolute Gasteiger partial charge is 0.407 e. The standard InChI is InChI=1S/C10H19NO2/c1-3-5-8(6-4-2)9-7-11-10(12)13-9/h8-9H,3-7H2,1-2H3,(H,11,12). The van der Waals surface area contributed by atoms with Crippen LogP contribution in [0.25, 0.3) is 0 Å². The number of amides is 1. The van der Waals surface area contributed by atoms with E-state index < -0.39 is 0 Å². The number of hydrogen-bond donors (Lipinski definition) is 1. The lowest BCUT2D eigenvalue weighted by Crippen LogP contribution is -2.24. The molecule has 1 aliphatic rings. The van der Waals surface area contributed by atoms with E-state index in [-0.39, 0.29) is 12.2 Å². The summed E-state index contributed by atoms with van der Waals surface area (Å²) in [7, 11) is 0. The van der Waals surface area contributed by atoms with Crippen molar-refractivity contribution in [3.63, 3.8) is 0 Å². The van der Waals surface area contributed by atoms with Gasteiger partial charge >= 0.3 is 6.09 Å². The average molecular weight is 185 g/mol. The molecule has 0 bridgehead atoms. The Balaban J connectivity index is 2.39.